The van der Waals surface area contributed by atoms with Crippen LogP contribution in [0.4, 0.5) is 0 Å². The topological polar surface area (TPSA) is 372 Å². The van der Waals surface area contributed by atoms with Crippen molar-refractivity contribution in [3.63, 3.8) is 0 Å². The van der Waals surface area contributed by atoms with E-state index in [9.17, 15) is 9.59 Å². The van der Waals surface area contributed by atoms with Gasteiger partial charge in [-0.3, -0.25) is 66.8 Å². The zero-order chi connectivity index (χ0) is 92.3. The molecule has 20 rings (SSSR count). The summed E-state index contributed by atoms with van der Waals surface area (Å²) in [4.78, 5) is 42.2. The monoisotopic (exact) mass is 2110 g/mol. The van der Waals surface area contributed by atoms with Crippen molar-refractivity contribution in [1.82, 2.24) is 108 Å². The number of hydrogen-bond acceptors (Lipinski definition) is 22. The summed E-state index contributed by atoms with van der Waals surface area (Å²) in [6.07, 6.45) is 12.1. The summed E-state index contributed by atoms with van der Waals surface area (Å²) < 4.78 is 52.8. The van der Waals surface area contributed by atoms with Gasteiger partial charge in [-0.15, -0.1) is 0 Å². The fraction of sp³-hybridized carbons (Fsp3) is 0.470. The van der Waals surface area contributed by atoms with Crippen LogP contribution in [0.25, 0.3) is 0 Å². The fourth-order valence-electron chi connectivity index (χ4n) is 17.7. The molecular weight excluding hydrogens is 1970 g/mol. The molecule has 8 aliphatic rings. The van der Waals surface area contributed by atoms with Gasteiger partial charge in [-0.25, -0.2) is 0 Å². The molecule has 0 unspecified atom stereocenters. The van der Waals surface area contributed by atoms with Gasteiger partial charge >= 0.3 is 22.5 Å². The van der Waals surface area contributed by atoms with Crippen LogP contribution >= 0.6 is 0 Å². The van der Waals surface area contributed by atoms with E-state index >= 15 is 0 Å². The fourth-order valence-corrected chi connectivity index (χ4v) is 17.7. The maximum atomic E-state index is 12.6. The second-order valence-electron chi connectivity index (χ2n) is 33.5. The van der Waals surface area contributed by atoms with Crippen molar-refractivity contribution in [2.24, 2.45) is 66.4 Å². The number of methoxy groups -OCH3 is 4. The SMILES string of the molecule is C.C.C.COc1ccc(CN2CCc3c(C)nn(C)c3C2)cc1.COc1ccc(CN2CCc3c(C)nn(C)c3C2=O)cc1.COc1ccc(CN2CCc3c(nn(C)c3C)C2)cc1.COc1ccc(CN2CCc3c(nn(C)c3C)C2=O)cc1.Cc1c2c(nn1C)C=NCC2.Cc1c2c(nn1C)CNCC2.Cc1nn(C)c2c1CCN=C2.Cc1nn(C)c2c1CCNC2.O.O.[CH3-].[O]=[Mn]=[O].[Pd].[Pd]. The summed E-state index contributed by atoms with van der Waals surface area (Å²) in [6.45, 7) is 31.4. The van der Waals surface area contributed by atoms with E-state index in [-0.39, 0.29) is 93.3 Å². The van der Waals surface area contributed by atoms with Gasteiger partial charge in [0.25, 0.3) is 11.8 Å². The third-order valence-corrected chi connectivity index (χ3v) is 25.4. The van der Waals surface area contributed by atoms with Crippen LogP contribution in [-0.2, 0) is 223 Å². The van der Waals surface area contributed by atoms with Gasteiger partial charge in [-0.2, -0.15) is 40.8 Å². The van der Waals surface area contributed by atoms with Crippen LogP contribution in [0.1, 0.15) is 190 Å². The molecule has 6 N–H and O–H groups in total. The van der Waals surface area contributed by atoms with Crippen molar-refractivity contribution >= 4 is 24.2 Å². The Balaban J connectivity index is 0.000000327. The minimum atomic E-state index is -1.44. The third-order valence-electron chi connectivity index (χ3n) is 25.4. The first kappa shape index (κ1) is 119. The summed E-state index contributed by atoms with van der Waals surface area (Å²) in [5.74, 6) is 3.57. The molecule has 137 heavy (non-hydrogen) atoms. The number of nitrogens with one attached hydrogen (secondary N) is 2. The van der Waals surface area contributed by atoms with Gasteiger partial charge in [0.2, 0.25) is 0 Å². The third kappa shape index (κ3) is 29.7. The number of carbonyl (C=O) groups excluding carboxylic acids is 2. The molecule has 4 aromatic carbocycles. The summed E-state index contributed by atoms with van der Waals surface area (Å²) in [5, 5.41) is 41.9. The van der Waals surface area contributed by atoms with Crippen LogP contribution in [0.15, 0.2) is 107 Å². The Morgan fingerprint density at radius 2 is 0.723 bits per heavy atom. The maximum Gasteiger partial charge on any atom is 0 e. The van der Waals surface area contributed by atoms with Gasteiger partial charge in [-0.1, -0.05) is 70.8 Å². The molecule has 8 aromatic heterocycles. The number of ether oxygens (including phenoxy) is 4. The molecule has 0 spiro atoms. The number of rotatable bonds is 12. The van der Waals surface area contributed by atoms with E-state index in [4.69, 9.17) is 26.6 Å². The van der Waals surface area contributed by atoms with E-state index in [1.165, 1.54) is 101 Å². The van der Waals surface area contributed by atoms with Crippen molar-refractivity contribution < 1.29 is 103 Å². The van der Waals surface area contributed by atoms with Gasteiger partial charge < -0.3 is 57.8 Å². The number of hydrogen-bond donors (Lipinski definition) is 2. The second kappa shape index (κ2) is 55.7. The maximum absolute atomic E-state index is 12.6. The van der Waals surface area contributed by atoms with E-state index in [1.807, 2.05) is 193 Å². The van der Waals surface area contributed by atoms with Gasteiger partial charge in [0.05, 0.1) is 79.7 Å². The van der Waals surface area contributed by atoms with E-state index in [1.54, 1.807) is 37.8 Å². The molecule has 0 fully saturated rings. The molecule has 0 radical (unpaired) electrons. The number of amides is 2. The number of carbonyl (C=O) groups is 2. The van der Waals surface area contributed by atoms with Crippen molar-refractivity contribution in [3.05, 3.63) is 262 Å². The second-order valence-corrected chi connectivity index (χ2v) is 33.7. The molecule has 0 aliphatic carbocycles. The first-order chi connectivity index (χ1) is 62.1. The van der Waals surface area contributed by atoms with Gasteiger partial charge in [0.1, 0.15) is 34.4 Å². The number of aryl methyl sites for hydroxylation is 12. The van der Waals surface area contributed by atoms with Crippen LogP contribution < -0.4 is 29.6 Å². The zero-order valence-electron chi connectivity index (χ0n) is 81.5. The van der Waals surface area contributed by atoms with Crippen molar-refractivity contribution in [2.75, 3.05) is 80.8 Å². The Labute approximate surface area is 843 Å². The Bertz CT molecular complexity index is 5900. The zero-order valence-corrected chi connectivity index (χ0v) is 85.8. The van der Waals surface area contributed by atoms with E-state index < -0.39 is 14.8 Å². The molecule has 8 aliphatic heterocycles. The number of benzene rings is 4. The molecule has 755 valence electrons. The van der Waals surface area contributed by atoms with Crippen LogP contribution in [0.5, 0.6) is 23.0 Å². The summed E-state index contributed by atoms with van der Waals surface area (Å²) in [5.41, 5.74) is 33.8. The van der Waals surface area contributed by atoms with Crippen LogP contribution in [0.2, 0.25) is 0 Å². The number of aromatic nitrogens is 16. The molecule has 16 heterocycles. The minimum absolute atomic E-state index is 0. The molecule has 0 bridgehead atoms. The van der Waals surface area contributed by atoms with E-state index in [0.717, 1.165) is 217 Å². The minimum Gasteiger partial charge on any atom is 0 e. The van der Waals surface area contributed by atoms with Gasteiger partial charge in [-0.05, 0) is 213 Å². The van der Waals surface area contributed by atoms with E-state index in [2.05, 4.69) is 137 Å². The summed E-state index contributed by atoms with van der Waals surface area (Å²) >= 11 is -1.44. The molecule has 12 aromatic rings. The molecule has 2 amide bonds. The standard InChI is InChI=1S/2C16H19N3O2.2C16H21N3O.C8H13N3.C8H11N3.C8H13N3.C8H11N3.3CH4.CH3.Mn.2H2O.2O.2Pd/c1-11-14-8-9-19(16(20)15(14)17-18(11)2)10-12-4-6-13(21-3)7-5-12;1-11-14-8-9-19(16(20)15(14)18(2)17-11)10-12-4-6-13(21-3)7-5-12;1-12-15-8-9-19(11-16(15)17-18(12)2)10-13-4-6-14(20-3)7-5-13;1-12-15-8-9-19(11-16(15)18(2)17-12)10-13-4-6-14(20-3)7-5-13;2*1-6-7-3-4-9-5-8(7)10-11(6)2;2*1-6-7-3-4-9-5-8(7)11(2)10-6;;;;;;;;;;;/h2*4-7H,8-10H2,1-3H3;2*4-7H,8-11H2,1-3H3;9H,3-5H2,1-2H3;5H,3-4H2,1-2H3;9H,3-5H2,1-2H3;5H,3-4H2,1-2H3;3*1H4;1H3;;2*1H2;;;;/q;;;;;;;;;;;-1;;;;;;;. The molecule has 34 nitrogen and oxygen atoms in total. The van der Waals surface area contributed by atoms with Gasteiger partial charge in [0.15, 0.2) is 5.69 Å². The first-order valence-corrected chi connectivity index (χ1v) is 45.1. The smallest absolute Gasteiger partial charge is 0 e. The Hall–Kier alpha value is -10.8. The quantitative estimate of drug-likeness (QED) is 0.0847. The number of aliphatic imine (C=N–C) groups is 2. The van der Waals surface area contributed by atoms with Gasteiger partial charge in [0, 0.05) is 246 Å². The van der Waals surface area contributed by atoms with Crippen molar-refractivity contribution in [3.8, 4) is 23.0 Å². The molecule has 37 heteroatoms. The van der Waals surface area contributed by atoms with Crippen molar-refractivity contribution in [1.29, 1.82) is 0 Å². The van der Waals surface area contributed by atoms with Crippen LogP contribution in [0, 0.1) is 62.8 Å². The predicted octanol–water partition coefficient (Wildman–Crippen LogP) is 11.1. The van der Waals surface area contributed by atoms with Crippen molar-refractivity contribution in [2.45, 2.75) is 181 Å². The summed E-state index contributed by atoms with van der Waals surface area (Å²) in [6, 6.07) is 32.3. The number of fused-ring (bicyclic) bond motifs is 8. The largest absolute Gasteiger partial charge is 0 e. The average Bonchev–Trinajstić information content (AvgIpc) is 1.58. The average molecular weight is 2110 g/mol. The molecular formula is C100H147MnN24O10Pd2-. The summed E-state index contributed by atoms with van der Waals surface area (Å²) in [7, 11) is 22.4. The molecule has 0 saturated heterocycles. The Morgan fingerprint density at radius 3 is 1.21 bits per heavy atom. The molecule has 0 atom stereocenters. The van der Waals surface area contributed by atoms with Crippen LogP contribution in [-0.4, -0.2) is 214 Å². The predicted molar refractivity (Wildman–Crippen MR) is 526 cm³/mol. The first-order valence-electron chi connectivity index (χ1n) is 44.1. The Morgan fingerprint density at radius 1 is 0.358 bits per heavy atom. The number of nitrogens with zero attached hydrogens (tertiary/aromatic N) is 22. The normalized spacial score (nSPS) is 14.0. The van der Waals surface area contributed by atoms with E-state index in [0.29, 0.717) is 18.8 Å². The van der Waals surface area contributed by atoms with Crippen LogP contribution in [0.3, 0.4) is 0 Å². The molecule has 0 saturated carbocycles. The Kier molecular flexibility index (Phi) is 48.2.